The molecule has 0 aromatic heterocycles. The summed E-state index contributed by atoms with van der Waals surface area (Å²) in [5, 5.41) is 0. The molecular formula is C14H18O6. The lowest BCUT2D eigenvalue weighted by molar-refractivity contribution is -0.170. The molecule has 2 saturated carbocycles. The lowest BCUT2D eigenvalue weighted by Gasteiger charge is -2.25. The first-order valence-electron chi connectivity index (χ1n) is 7.04. The molecule has 3 aliphatic rings. The van der Waals surface area contributed by atoms with Gasteiger partial charge in [-0.05, 0) is 12.8 Å². The van der Waals surface area contributed by atoms with Gasteiger partial charge in [0.1, 0.15) is 12.2 Å². The highest BCUT2D eigenvalue weighted by Gasteiger charge is 2.63. The van der Waals surface area contributed by atoms with E-state index in [2.05, 4.69) is 0 Å². The summed E-state index contributed by atoms with van der Waals surface area (Å²) in [6.45, 7) is 3.01. The number of hydrogen-bond donors (Lipinski definition) is 0. The molecule has 1 heterocycles. The lowest BCUT2D eigenvalue weighted by Crippen LogP contribution is -2.37. The largest absolute Gasteiger partial charge is 0.458 e. The van der Waals surface area contributed by atoms with Crippen LogP contribution in [0.25, 0.3) is 0 Å². The minimum Gasteiger partial charge on any atom is -0.458 e. The monoisotopic (exact) mass is 282 g/mol. The molecule has 1 aliphatic heterocycles. The maximum Gasteiger partial charge on any atom is 0.344 e. The molecule has 20 heavy (non-hydrogen) atoms. The van der Waals surface area contributed by atoms with E-state index in [1.165, 1.54) is 0 Å². The number of carbonyl (C=O) groups excluding carboxylic acids is 3. The van der Waals surface area contributed by atoms with Gasteiger partial charge in [0, 0.05) is 11.8 Å². The molecule has 1 saturated heterocycles. The van der Waals surface area contributed by atoms with E-state index in [0.29, 0.717) is 0 Å². The predicted molar refractivity (Wildman–Crippen MR) is 65.3 cm³/mol. The second kappa shape index (κ2) is 4.75. The summed E-state index contributed by atoms with van der Waals surface area (Å²) >= 11 is 0. The highest BCUT2D eigenvalue weighted by molar-refractivity contribution is 5.78. The summed E-state index contributed by atoms with van der Waals surface area (Å²) in [5.41, 5.74) is 0. The first kappa shape index (κ1) is 13.4. The van der Waals surface area contributed by atoms with Gasteiger partial charge in [-0.3, -0.25) is 9.59 Å². The summed E-state index contributed by atoms with van der Waals surface area (Å²) in [7, 11) is 0. The van der Waals surface area contributed by atoms with Crippen molar-refractivity contribution in [2.75, 3.05) is 6.61 Å². The van der Waals surface area contributed by atoms with Crippen molar-refractivity contribution in [3.63, 3.8) is 0 Å². The molecule has 0 aromatic rings. The van der Waals surface area contributed by atoms with E-state index < -0.39 is 11.9 Å². The molecule has 5 unspecified atom stereocenters. The van der Waals surface area contributed by atoms with Crippen LogP contribution in [0.3, 0.4) is 0 Å². The van der Waals surface area contributed by atoms with Crippen molar-refractivity contribution in [2.45, 2.75) is 38.9 Å². The summed E-state index contributed by atoms with van der Waals surface area (Å²) in [6.07, 6.45) is 0.957. The Hall–Kier alpha value is -1.59. The van der Waals surface area contributed by atoms with Gasteiger partial charge in [0.2, 0.25) is 0 Å². The van der Waals surface area contributed by atoms with Crippen LogP contribution < -0.4 is 0 Å². The van der Waals surface area contributed by atoms with Crippen molar-refractivity contribution in [3.8, 4) is 0 Å². The van der Waals surface area contributed by atoms with E-state index in [1.54, 1.807) is 13.8 Å². The molecular weight excluding hydrogens is 264 g/mol. The molecule has 5 atom stereocenters. The molecule has 6 nitrogen and oxygen atoms in total. The van der Waals surface area contributed by atoms with Crippen LogP contribution >= 0.6 is 0 Å². The quantitative estimate of drug-likeness (QED) is 0.557. The Kier molecular flexibility index (Phi) is 3.18. The minimum atomic E-state index is -0.573. The first-order valence-corrected chi connectivity index (χ1v) is 7.04. The van der Waals surface area contributed by atoms with Crippen LogP contribution in [0.2, 0.25) is 0 Å². The predicted octanol–water partition coefficient (Wildman–Crippen LogP) is 0.679. The second-order valence-corrected chi connectivity index (χ2v) is 6.12. The number of rotatable bonds is 4. The molecule has 110 valence electrons. The summed E-state index contributed by atoms with van der Waals surface area (Å²) in [4.78, 5) is 34.6. The van der Waals surface area contributed by atoms with Gasteiger partial charge in [-0.2, -0.15) is 0 Å². The van der Waals surface area contributed by atoms with Gasteiger partial charge in [0.15, 0.2) is 6.61 Å². The topological polar surface area (TPSA) is 78.9 Å². The zero-order valence-corrected chi connectivity index (χ0v) is 11.5. The van der Waals surface area contributed by atoms with Crippen LogP contribution in [-0.2, 0) is 28.6 Å². The van der Waals surface area contributed by atoms with Gasteiger partial charge in [-0.15, -0.1) is 0 Å². The zero-order valence-electron chi connectivity index (χ0n) is 11.5. The van der Waals surface area contributed by atoms with Crippen LogP contribution in [0.15, 0.2) is 0 Å². The zero-order chi connectivity index (χ0) is 14.4. The number of esters is 3. The maximum atomic E-state index is 11.7. The third-order valence-electron chi connectivity index (χ3n) is 4.49. The van der Waals surface area contributed by atoms with Gasteiger partial charge in [-0.25, -0.2) is 4.79 Å². The van der Waals surface area contributed by atoms with E-state index in [0.717, 1.165) is 12.8 Å². The average Bonchev–Trinajstić information content (AvgIpc) is 3.00. The molecule has 6 heteroatoms. The Morgan fingerprint density at radius 1 is 1.35 bits per heavy atom. The van der Waals surface area contributed by atoms with Crippen molar-refractivity contribution >= 4 is 17.9 Å². The number of ether oxygens (including phenoxy) is 3. The molecule has 2 aliphatic carbocycles. The maximum absolute atomic E-state index is 11.7. The summed E-state index contributed by atoms with van der Waals surface area (Å²) < 4.78 is 15.5. The highest BCUT2D eigenvalue weighted by Crippen LogP contribution is 2.55. The molecule has 3 fully saturated rings. The molecule has 0 radical (unpaired) electrons. The van der Waals surface area contributed by atoms with Crippen molar-refractivity contribution in [2.24, 2.45) is 23.7 Å². The molecule has 0 amide bonds. The minimum absolute atomic E-state index is 0.00118. The fourth-order valence-electron chi connectivity index (χ4n) is 3.55. The van der Waals surface area contributed by atoms with Crippen LogP contribution in [0, 0.1) is 23.7 Å². The average molecular weight is 282 g/mol. The standard InChI is InChI=1S/C14H18O6/c1-6(2)13(16)18-5-10(15)19-11-7-3-8-9(4-7)14(17)20-12(8)11/h6-9,11-12H,3-5H2,1-2H3. The van der Waals surface area contributed by atoms with Gasteiger partial charge >= 0.3 is 17.9 Å². The Morgan fingerprint density at radius 2 is 2.10 bits per heavy atom. The fraction of sp³-hybridized carbons (Fsp3) is 0.786. The number of hydrogen-bond acceptors (Lipinski definition) is 6. The van der Waals surface area contributed by atoms with Gasteiger partial charge < -0.3 is 14.2 Å². The van der Waals surface area contributed by atoms with E-state index in [4.69, 9.17) is 14.2 Å². The molecule has 0 aromatic carbocycles. The van der Waals surface area contributed by atoms with Gasteiger partial charge in [0.25, 0.3) is 0 Å². The van der Waals surface area contributed by atoms with Crippen LogP contribution in [0.1, 0.15) is 26.7 Å². The van der Waals surface area contributed by atoms with E-state index >= 15 is 0 Å². The SMILES string of the molecule is CC(C)C(=O)OCC(=O)OC1C2CC3C(=O)OC1C3C2. The lowest BCUT2D eigenvalue weighted by atomic mass is 9.88. The Morgan fingerprint density at radius 3 is 2.80 bits per heavy atom. The number of fused-ring (bicyclic) bond motifs is 1. The Balaban J connectivity index is 1.53. The molecule has 0 spiro atoms. The van der Waals surface area contributed by atoms with Crippen LogP contribution in [-0.4, -0.2) is 36.7 Å². The number of carbonyl (C=O) groups is 3. The van der Waals surface area contributed by atoms with Gasteiger partial charge in [0.05, 0.1) is 11.8 Å². The summed E-state index contributed by atoms with van der Waals surface area (Å²) in [6, 6.07) is 0. The molecule has 0 N–H and O–H groups in total. The fourth-order valence-corrected chi connectivity index (χ4v) is 3.55. The van der Waals surface area contributed by atoms with E-state index in [1.807, 2.05) is 0 Å². The smallest absolute Gasteiger partial charge is 0.344 e. The van der Waals surface area contributed by atoms with Crippen molar-refractivity contribution < 1.29 is 28.6 Å². The Labute approximate surface area is 116 Å². The van der Waals surface area contributed by atoms with Crippen molar-refractivity contribution in [1.29, 1.82) is 0 Å². The third-order valence-corrected chi connectivity index (χ3v) is 4.49. The van der Waals surface area contributed by atoms with Crippen LogP contribution in [0.4, 0.5) is 0 Å². The van der Waals surface area contributed by atoms with Crippen molar-refractivity contribution in [1.82, 2.24) is 0 Å². The normalized spacial score (nSPS) is 37.1. The molecule has 2 bridgehead atoms. The van der Waals surface area contributed by atoms with Crippen molar-refractivity contribution in [3.05, 3.63) is 0 Å². The molecule has 3 rings (SSSR count). The van der Waals surface area contributed by atoms with E-state index in [-0.39, 0.29) is 48.5 Å². The van der Waals surface area contributed by atoms with Gasteiger partial charge in [-0.1, -0.05) is 13.8 Å². The van der Waals surface area contributed by atoms with Crippen LogP contribution in [0.5, 0.6) is 0 Å². The summed E-state index contributed by atoms with van der Waals surface area (Å²) in [5.74, 6) is -1.04. The second-order valence-electron chi connectivity index (χ2n) is 6.12. The first-order chi connectivity index (χ1) is 9.47. The highest BCUT2D eigenvalue weighted by atomic mass is 16.6. The van der Waals surface area contributed by atoms with E-state index in [9.17, 15) is 14.4 Å². The third kappa shape index (κ3) is 2.07. The Bertz CT molecular complexity index is 457.